The first kappa shape index (κ1) is 16.6. The second kappa shape index (κ2) is 6.55. The summed E-state index contributed by atoms with van der Waals surface area (Å²) in [6, 6.07) is 3.00. The quantitative estimate of drug-likeness (QED) is 0.671. The van der Waals surface area contributed by atoms with E-state index in [1.165, 1.54) is 6.07 Å². The van der Waals surface area contributed by atoms with Crippen molar-refractivity contribution in [2.24, 2.45) is 0 Å². The van der Waals surface area contributed by atoms with Crippen LogP contribution in [-0.2, 0) is 4.79 Å². The zero-order valence-electron chi connectivity index (χ0n) is 12.9. The van der Waals surface area contributed by atoms with Gasteiger partial charge < -0.3 is 9.84 Å². The van der Waals surface area contributed by atoms with Gasteiger partial charge in [-0.3, -0.25) is 14.9 Å². The molecule has 0 unspecified atom stereocenters. The molecule has 1 aromatic carbocycles. The Kier molecular flexibility index (Phi) is 4.73. The van der Waals surface area contributed by atoms with Gasteiger partial charge in [0, 0.05) is 5.56 Å². The van der Waals surface area contributed by atoms with E-state index in [9.17, 15) is 19.3 Å². The van der Waals surface area contributed by atoms with Gasteiger partial charge in [0.05, 0.1) is 22.6 Å². The summed E-state index contributed by atoms with van der Waals surface area (Å²) in [7, 11) is 0. The molecule has 1 aromatic heterocycles. The molecule has 7 nitrogen and oxygen atoms in total. The molecule has 122 valence electrons. The molecule has 0 aliphatic heterocycles. The minimum Gasteiger partial charge on any atom is -0.361 e. The number of anilines is 1. The van der Waals surface area contributed by atoms with Crippen molar-refractivity contribution in [1.82, 2.24) is 5.16 Å². The molecule has 1 heterocycles. The molecule has 0 aliphatic carbocycles. The standard InChI is InChI=1S/C15H16FN3O4/c1-4-11(14-8(2)18-23-9(14)3)15(20)17-12-6-5-10(16)7-13(12)19(21)22/h5-7,11H,4H2,1-3H3,(H,17,20)/t11-/m0/s1. The first-order valence-corrected chi connectivity index (χ1v) is 7.02. The smallest absolute Gasteiger partial charge is 0.295 e. The number of nitrogens with one attached hydrogen (secondary N) is 1. The van der Waals surface area contributed by atoms with Crippen molar-refractivity contribution in [2.45, 2.75) is 33.1 Å². The Labute approximate surface area is 131 Å². The normalized spacial score (nSPS) is 12.0. The Balaban J connectivity index is 2.33. The summed E-state index contributed by atoms with van der Waals surface area (Å²) in [5, 5.41) is 17.3. The molecule has 0 radical (unpaired) electrons. The maximum absolute atomic E-state index is 13.2. The fourth-order valence-corrected chi connectivity index (χ4v) is 2.49. The van der Waals surface area contributed by atoms with E-state index in [4.69, 9.17) is 4.52 Å². The molecule has 1 amide bonds. The van der Waals surface area contributed by atoms with Gasteiger partial charge in [0.25, 0.3) is 5.69 Å². The average molecular weight is 321 g/mol. The van der Waals surface area contributed by atoms with Crippen molar-refractivity contribution in [3.05, 3.63) is 51.1 Å². The second-order valence-corrected chi connectivity index (χ2v) is 5.11. The Morgan fingerprint density at radius 3 is 2.70 bits per heavy atom. The molecule has 2 aromatic rings. The van der Waals surface area contributed by atoms with Gasteiger partial charge in [-0.05, 0) is 32.4 Å². The number of halogens is 1. The molecule has 23 heavy (non-hydrogen) atoms. The SMILES string of the molecule is CC[C@H](C(=O)Nc1ccc(F)cc1[N+](=O)[O-])c1c(C)noc1C. The van der Waals surface area contributed by atoms with Crippen LogP contribution in [0.1, 0.15) is 36.3 Å². The van der Waals surface area contributed by atoms with E-state index in [0.29, 0.717) is 23.4 Å². The van der Waals surface area contributed by atoms with Crippen LogP contribution in [-0.4, -0.2) is 16.0 Å². The zero-order valence-corrected chi connectivity index (χ0v) is 12.9. The van der Waals surface area contributed by atoms with E-state index in [1.54, 1.807) is 13.8 Å². The van der Waals surface area contributed by atoms with Crippen LogP contribution in [0.4, 0.5) is 15.8 Å². The molecule has 0 saturated carbocycles. The van der Waals surface area contributed by atoms with E-state index < -0.39 is 28.3 Å². The minimum atomic E-state index is -0.743. The maximum Gasteiger partial charge on any atom is 0.295 e. The van der Waals surface area contributed by atoms with Crippen molar-refractivity contribution >= 4 is 17.3 Å². The van der Waals surface area contributed by atoms with Gasteiger partial charge in [-0.1, -0.05) is 12.1 Å². The average Bonchev–Trinajstić information content (AvgIpc) is 2.82. The van der Waals surface area contributed by atoms with Gasteiger partial charge in [-0.2, -0.15) is 0 Å². The van der Waals surface area contributed by atoms with E-state index in [-0.39, 0.29) is 5.69 Å². The van der Waals surface area contributed by atoms with Gasteiger partial charge >= 0.3 is 0 Å². The number of hydrogen-bond acceptors (Lipinski definition) is 5. The number of hydrogen-bond donors (Lipinski definition) is 1. The zero-order chi connectivity index (χ0) is 17.1. The highest BCUT2D eigenvalue weighted by atomic mass is 19.1. The van der Waals surface area contributed by atoms with Crippen molar-refractivity contribution in [3.63, 3.8) is 0 Å². The molecule has 1 atom stereocenters. The Bertz CT molecular complexity index is 738. The molecule has 0 bridgehead atoms. The number of aromatic nitrogens is 1. The lowest BCUT2D eigenvalue weighted by molar-refractivity contribution is -0.384. The number of benzene rings is 1. The summed E-state index contributed by atoms with van der Waals surface area (Å²) in [6.45, 7) is 5.24. The van der Waals surface area contributed by atoms with Crippen LogP contribution in [0.3, 0.4) is 0 Å². The lowest BCUT2D eigenvalue weighted by Crippen LogP contribution is -2.22. The predicted molar refractivity (Wildman–Crippen MR) is 80.7 cm³/mol. The number of aryl methyl sites for hydroxylation is 2. The highest BCUT2D eigenvalue weighted by molar-refractivity contribution is 5.97. The summed E-state index contributed by atoms with van der Waals surface area (Å²) < 4.78 is 18.2. The fourth-order valence-electron chi connectivity index (χ4n) is 2.49. The van der Waals surface area contributed by atoms with Crippen LogP contribution in [0.2, 0.25) is 0 Å². The van der Waals surface area contributed by atoms with Gasteiger partial charge in [0.15, 0.2) is 0 Å². The number of rotatable bonds is 5. The van der Waals surface area contributed by atoms with Gasteiger partial charge in [0.2, 0.25) is 5.91 Å². The highest BCUT2D eigenvalue weighted by Crippen LogP contribution is 2.30. The fraction of sp³-hybridized carbons (Fsp3) is 0.333. The molecular formula is C15H16FN3O4. The third-order valence-electron chi connectivity index (χ3n) is 3.58. The molecule has 0 aliphatic rings. The number of carbonyl (C=O) groups is 1. The van der Waals surface area contributed by atoms with Crippen LogP contribution in [0.5, 0.6) is 0 Å². The van der Waals surface area contributed by atoms with E-state index in [1.807, 2.05) is 6.92 Å². The molecule has 0 saturated heterocycles. The van der Waals surface area contributed by atoms with Crippen molar-refractivity contribution in [2.75, 3.05) is 5.32 Å². The molecular weight excluding hydrogens is 305 g/mol. The maximum atomic E-state index is 13.2. The van der Waals surface area contributed by atoms with Gasteiger partial charge in [0.1, 0.15) is 17.3 Å². The Morgan fingerprint density at radius 1 is 1.48 bits per heavy atom. The summed E-state index contributed by atoms with van der Waals surface area (Å²) >= 11 is 0. The molecule has 0 fully saturated rings. The Hall–Kier alpha value is -2.77. The number of carbonyl (C=O) groups excluding carboxylic acids is 1. The van der Waals surface area contributed by atoms with E-state index in [2.05, 4.69) is 10.5 Å². The van der Waals surface area contributed by atoms with Crippen molar-refractivity contribution < 1.29 is 18.6 Å². The lowest BCUT2D eigenvalue weighted by atomic mass is 9.94. The van der Waals surface area contributed by atoms with Crippen LogP contribution < -0.4 is 5.32 Å². The number of amides is 1. The molecule has 1 N–H and O–H groups in total. The lowest BCUT2D eigenvalue weighted by Gasteiger charge is -2.15. The monoisotopic (exact) mass is 321 g/mol. The first-order valence-electron chi connectivity index (χ1n) is 7.02. The van der Waals surface area contributed by atoms with E-state index >= 15 is 0 Å². The van der Waals surface area contributed by atoms with Crippen molar-refractivity contribution in [3.8, 4) is 0 Å². The number of nitro groups is 1. The third-order valence-corrected chi connectivity index (χ3v) is 3.58. The largest absolute Gasteiger partial charge is 0.361 e. The van der Waals surface area contributed by atoms with Crippen LogP contribution in [0, 0.1) is 29.8 Å². The van der Waals surface area contributed by atoms with Crippen LogP contribution >= 0.6 is 0 Å². The highest BCUT2D eigenvalue weighted by Gasteiger charge is 2.27. The van der Waals surface area contributed by atoms with Crippen molar-refractivity contribution in [1.29, 1.82) is 0 Å². The second-order valence-electron chi connectivity index (χ2n) is 5.11. The van der Waals surface area contributed by atoms with Gasteiger partial charge in [-0.25, -0.2) is 4.39 Å². The topological polar surface area (TPSA) is 98.3 Å². The number of nitro benzene ring substituents is 1. The van der Waals surface area contributed by atoms with Crippen LogP contribution in [0.15, 0.2) is 22.7 Å². The third kappa shape index (κ3) is 3.36. The summed E-state index contributed by atoms with van der Waals surface area (Å²) in [5.74, 6) is -1.21. The van der Waals surface area contributed by atoms with E-state index in [0.717, 1.165) is 12.1 Å². The summed E-state index contributed by atoms with van der Waals surface area (Å²) in [6.07, 6.45) is 0.462. The number of nitrogens with zero attached hydrogens (tertiary/aromatic N) is 2. The van der Waals surface area contributed by atoms with Crippen LogP contribution in [0.25, 0.3) is 0 Å². The summed E-state index contributed by atoms with van der Waals surface area (Å²) in [4.78, 5) is 22.8. The molecule has 0 spiro atoms. The summed E-state index contributed by atoms with van der Waals surface area (Å²) in [5.41, 5.74) is 0.714. The minimum absolute atomic E-state index is 0.0494. The Morgan fingerprint density at radius 2 is 2.17 bits per heavy atom. The molecule has 8 heteroatoms. The molecule has 2 rings (SSSR count). The predicted octanol–water partition coefficient (Wildman–Crippen LogP) is 3.47. The first-order chi connectivity index (χ1) is 10.8. The van der Waals surface area contributed by atoms with Gasteiger partial charge in [-0.15, -0.1) is 0 Å².